The molecule has 0 bridgehead atoms. The van der Waals surface area contributed by atoms with Crippen LogP contribution in [0.1, 0.15) is 24.5 Å². The van der Waals surface area contributed by atoms with Crippen molar-refractivity contribution in [1.82, 2.24) is 0 Å². The first kappa shape index (κ1) is 14.4. The largest absolute Gasteiger partial charge is 0.490 e. The third kappa shape index (κ3) is 3.22. The number of nitrogens with one attached hydrogen (secondary N) is 1. The molecule has 2 aromatic carbocycles. The molecule has 3 rings (SSSR count). The molecule has 1 aliphatic rings. The van der Waals surface area contributed by atoms with Crippen LogP contribution < -0.4 is 14.9 Å². The van der Waals surface area contributed by atoms with Crippen LogP contribution in [0.25, 0.3) is 0 Å². The molecule has 4 heteroatoms. The number of hydrogen-bond donors (Lipinski definition) is 1. The van der Waals surface area contributed by atoms with Crippen molar-refractivity contribution in [3.63, 3.8) is 0 Å². The van der Waals surface area contributed by atoms with Gasteiger partial charge in [-0.3, -0.25) is 5.43 Å². The van der Waals surface area contributed by atoms with Crippen molar-refractivity contribution in [2.24, 2.45) is 5.10 Å². The lowest BCUT2D eigenvalue weighted by Crippen LogP contribution is -2.01. The van der Waals surface area contributed by atoms with Gasteiger partial charge < -0.3 is 9.47 Å². The molecule has 0 fully saturated rings. The Hall–Kier alpha value is -2.49. The van der Waals surface area contributed by atoms with E-state index in [0.29, 0.717) is 13.2 Å². The predicted molar refractivity (Wildman–Crippen MR) is 89.1 cm³/mol. The summed E-state index contributed by atoms with van der Waals surface area (Å²) in [5, 5.41) is 4.47. The van der Waals surface area contributed by atoms with Crippen LogP contribution in [0.3, 0.4) is 0 Å². The van der Waals surface area contributed by atoms with Crippen LogP contribution in [0.5, 0.6) is 11.5 Å². The van der Waals surface area contributed by atoms with Crippen molar-refractivity contribution in [2.45, 2.75) is 20.3 Å². The van der Waals surface area contributed by atoms with Gasteiger partial charge in [-0.2, -0.15) is 5.10 Å². The standard InChI is InChI=1S/C18H20N2O2/c1-13-6-3-4-7-16(13)20-19-14(2)15-8-9-17-18(12-15)22-11-5-10-21-17/h3-4,6-9,12,20H,5,10-11H2,1-2H3/b19-14-. The minimum Gasteiger partial charge on any atom is -0.490 e. The number of hydrazone groups is 1. The van der Waals surface area contributed by atoms with Gasteiger partial charge in [-0.05, 0) is 43.7 Å². The summed E-state index contributed by atoms with van der Waals surface area (Å²) >= 11 is 0. The maximum Gasteiger partial charge on any atom is 0.161 e. The Balaban J connectivity index is 1.80. The van der Waals surface area contributed by atoms with Crippen LogP contribution >= 0.6 is 0 Å². The Bertz CT molecular complexity index is 695. The van der Waals surface area contributed by atoms with Crippen LogP contribution in [0.15, 0.2) is 47.6 Å². The smallest absolute Gasteiger partial charge is 0.161 e. The molecule has 22 heavy (non-hydrogen) atoms. The van der Waals surface area contributed by atoms with Crippen LogP contribution in [-0.2, 0) is 0 Å². The average Bonchev–Trinajstić information content (AvgIpc) is 2.78. The van der Waals surface area contributed by atoms with Gasteiger partial charge in [0.05, 0.1) is 24.6 Å². The molecule has 4 nitrogen and oxygen atoms in total. The molecule has 0 unspecified atom stereocenters. The topological polar surface area (TPSA) is 42.9 Å². The van der Waals surface area contributed by atoms with E-state index in [9.17, 15) is 0 Å². The van der Waals surface area contributed by atoms with E-state index in [1.165, 1.54) is 0 Å². The number of ether oxygens (including phenoxy) is 2. The van der Waals surface area contributed by atoms with E-state index in [2.05, 4.69) is 23.5 Å². The van der Waals surface area contributed by atoms with Gasteiger partial charge in [0.25, 0.3) is 0 Å². The fourth-order valence-corrected chi connectivity index (χ4v) is 2.30. The molecule has 2 aromatic rings. The molecule has 0 spiro atoms. The molecule has 0 radical (unpaired) electrons. The van der Waals surface area contributed by atoms with Crippen LogP contribution in [0.2, 0.25) is 0 Å². The molecule has 0 aliphatic carbocycles. The first-order chi connectivity index (χ1) is 10.7. The van der Waals surface area contributed by atoms with Gasteiger partial charge in [0.15, 0.2) is 11.5 Å². The summed E-state index contributed by atoms with van der Waals surface area (Å²) < 4.78 is 11.4. The molecule has 1 aliphatic heterocycles. The first-order valence-corrected chi connectivity index (χ1v) is 7.50. The number of anilines is 1. The predicted octanol–water partition coefficient (Wildman–Crippen LogP) is 3.99. The fourth-order valence-electron chi connectivity index (χ4n) is 2.30. The lowest BCUT2D eigenvalue weighted by Gasteiger charge is -2.10. The summed E-state index contributed by atoms with van der Waals surface area (Å²) in [6.07, 6.45) is 0.909. The quantitative estimate of drug-likeness (QED) is 0.688. The molecular formula is C18H20N2O2. The van der Waals surface area contributed by atoms with Crippen molar-refractivity contribution in [2.75, 3.05) is 18.6 Å². The molecule has 1 N–H and O–H groups in total. The van der Waals surface area contributed by atoms with Gasteiger partial charge in [0, 0.05) is 12.0 Å². The Labute approximate surface area is 130 Å². The van der Waals surface area contributed by atoms with E-state index in [1.54, 1.807) is 0 Å². The number of rotatable bonds is 3. The summed E-state index contributed by atoms with van der Waals surface area (Å²) in [6, 6.07) is 14.0. The molecule has 0 saturated heterocycles. The van der Waals surface area contributed by atoms with Crippen molar-refractivity contribution in [3.05, 3.63) is 53.6 Å². The first-order valence-electron chi connectivity index (χ1n) is 7.50. The van der Waals surface area contributed by atoms with E-state index in [0.717, 1.165) is 40.4 Å². The van der Waals surface area contributed by atoms with Crippen LogP contribution in [0, 0.1) is 6.92 Å². The van der Waals surface area contributed by atoms with Crippen molar-refractivity contribution < 1.29 is 9.47 Å². The molecule has 1 heterocycles. The van der Waals surface area contributed by atoms with Crippen molar-refractivity contribution in [3.8, 4) is 11.5 Å². The lowest BCUT2D eigenvalue weighted by molar-refractivity contribution is 0.297. The van der Waals surface area contributed by atoms with E-state index in [4.69, 9.17) is 9.47 Å². The molecule has 0 saturated carbocycles. The van der Waals surface area contributed by atoms with Gasteiger partial charge >= 0.3 is 0 Å². The number of fused-ring (bicyclic) bond motifs is 1. The second-order valence-corrected chi connectivity index (χ2v) is 5.34. The number of aryl methyl sites for hydroxylation is 1. The van der Waals surface area contributed by atoms with Crippen molar-refractivity contribution in [1.29, 1.82) is 0 Å². The zero-order valence-corrected chi connectivity index (χ0v) is 12.9. The Morgan fingerprint density at radius 3 is 2.64 bits per heavy atom. The third-order valence-electron chi connectivity index (χ3n) is 3.65. The Kier molecular flexibility index (Phi) is 4.28. The second kappa shape index (κ2) is 6.52. The summed E-state index contributed by atoms with van der Waals surface area (Å²) in [5.74, 6) is 1.60. The summed E-state index contributed by atoms with van der Waals surface area (Å²) in [6.45, 7) is 5.42. The fraction of sp³-hybridized carbons (Fsp3) is 0.278. The summed E-state index contributed by atoms with van der Waals surface area (Å²) in [5.41, 5.74) is 7.21. The SMILES string of the molecule is C/C(=N/Nc1ccccc1C)c1ccc2c(c1)OCCCO2. The highest BCUT2D eigenvalue weighted by atomic mass is 16.5. The number of benzene rings is 2. The van der Waals surface area contributed by atoms with Gasteiger partial charge in [0.1, 0.15) is 0 Å². The summed E-state index contributed by atoms with van der Waals surface area (Å²) in [7, 11) is 0. The highest BCUT2D eigenvalue weighted by Crippen LogP contribution is 2.30. The van der Waals surface area contributed by atoms with E-state index < -0.39 is 0 Å². The third-order valence-corrected chi connectivity index (χ3v) is 3.65. The maximum absolute atomic E-state index is 5.72. The second-order valence-electron chi connectivity index (χ2n) is 5.34. The van der Waals surface area contributed by atoms with E-state index in [-0.39, 0.29) is 0 Å². The van der Waals surface area contributed by atoms with E-state index >= 15 is 0 Å². The zero-order chi connectivity index (χ0) is 15.4. The van der Waals surface area contributed by atoms with Crippen LogP contribution in [-0.4, -0.2) is 18.9 Å². The van der Waals surface area contributed by atoms with E-state index in [1.807, 2.05) is 43.3 Å². The molecule has 0 aromatic heterocycles. The van der Waals surface area contributed by atoms with Gasteiger partial charge in [-0.1, -0.05) is 18.2 Å². The van der Waals surface area contributed by atoms with Crippen LogP contribution in [0.4, 0.5) is 5.69 Å². The number of hydrogen-bond acceptors (Lipinski definition) is 4. The van der Waals surface area contributed by atoms with Crippen molar-refractivity contribution >= 4 is 11.4 Å². The lowest BCUT2D eigenvalue weighted by atomic mass is 10.1. The average molecular weight is 296 g/mol. The summed E-state index contributed by atoms with van der Waals surface area (Å²) in [4.78, 5) is 0. The number of para-hydroxylation sites is 1. The Morgan fingerprint density at radius 1 is 1.05 bits per heavy atom. The molecule has 114 valence electrons. The van der Waals surface area contributed by atoms with Gasteiger partial charge in [0.2, 0.25) is 0 Å². The monoisotopic (exact) mass is 296 g/mol. The minimum atomic E-state index is 0.689. The van der Waals surface area contributed by atoms with Gasteiger partial charge in [-0.25, -0.2) is 0 Å². The normalized spacial score (nSPS) is 14.4. The molecule has 0 amide bonds. The van der Waals surface area contributed by atoms with Gasteiger partial charge in [-0.15, -0.1) is 0 Å². The maximum atomic E-state index is 5.72. The highest BCUT2D eigenvalue weighted by molar-refractivity contribution is 5.99. The molecular weight excluding hydrogens is 276 g/mol. The zero-order valence-electron chi connectivity index (χ0n) is 12.9. The minimum absolute atomic E-state index is 0.689. The molecule has 0 atom stereocenters. The highest BCUT2D eigenvalue weighted by Gasteiger charge is 2.11. The number of nitrogens with zero attached hydrogens (tertiary/aromatic N) is 1. The Morgan fingerprint density at radius 2 is 1.82 bits per heavy atom.